The van der Waals surface area contributed by atoms with Crippen LogP contribution in [0, 0.1) is 11.8 Å². The predicted molar refractivity (Wildman–Crippen MR) is 100 cm³/mol. The Balaban J connectivity index is 1.45. The number of fused-ring (bicyclic) bond motifs is 1. The Morgan fingerprint density at radius 1 is 1.04 bits per heavy atom. The third-order valence-corrected chi connectivity index (χ3v) is 6.60. The Bertz CT molecular complexity index is 564. The fraction of sp³-hybridized carbons (Fsp3) is 0.762. The summed E-state index contributed by atoms with van der Waals surface area (Å²) in [5, 5.41) is 0. The van der Waals surface area contributed by atoms with Crippen LogP contribution in [0.3, 0.4) is 0 Å². The van der Waals surface area contributed by atoms with Crippen LogP contribution in [0.15, 0.2) is 24.5 Å². The molecule has 0 bridgehead atoms. The molecule has 138 valence electrons. The zero-order valence-electron chi connectivity index (χ0n) is 15.6. The molecule has 1 aromatic heterocycles. The maximum atomic E-state index is 13.2. The van der Waals surface area contributed by atoms with E-state index in [0.29, 0.717) is 11.8 Å². The van der Waals surface area contributed by atoms with Crippen molar-refractivity contribution in [2.24, 2.45) is 11.8 Å². The molecule has 0 radical (unpaired) electrons. The number of amides is 1. The van der Waals surface area contributed by atoms with E-state index in [1.165, 1.54) is 58.0 Å². The third-order valence-electron chi connectivity index (χ3n) is 6.60. The van der Waals surface area contributed by atoms with Gasteiger partial charge in [-0.3, -0.25) is 4.79 Å². The standard InChI is InChI=1S/C21H33N3O/c1-17(22-11-4-5-12-22)21(25)24(15-18-9-10-18)16-19-7-6-14-23-13-3-2-8-20(19)23/h4-5,11-12,17-20H,2-3,6-10,13-16H2,1H3. The van der Waals surface area contributed by atoms with E-state index in [9.17, 15) is 4.79 Å². The molecule has 3 atom stereocenters. The lowest BCUT2D eigenvalue weighted by atomic mass is 9.83. The first kappa shape index (κ1) is 17.1. The van der Waals surface area contributed by atoms with Gasteiger partial charge in [-0.05, 0) is 82.5 Å². The summed E-state index contributed by atoms with van der Waals surface area (Å²) >= 11 is 0. The van der Waals surface area contributed by atoms with Gasteiger partial charge < -0.3 is 14.4 Å². The molecule has 3 aliphatic rings. The van der Waals surface area contributed by atoms with Crippen LogP contribution in [0.2, 0.25) is 0 Å². The van der Waals surface area contributed by atoms with Gasteiger partial charge in [-0.15, -0.1) is 0 Å². The Morgan fingerprint density at radius 3 is 2.56 bits per heavy atom. The van der Waals surface area contributed by atoms with Crippen molar-refractivity contribution in [3.63, 3.8) is 0 Å². The number of piperidine rings is 2. The molecule has 3 heterocycles. The quantitative estimate of drug-likeness (QED) is 0.790. The van der Waals surface area contributed by atoms with Gasteiger partial charge in [0.05, 0.1) is 0 Å². The maximum Gasteiger partial charge on any atom is 0.245 e. The van der Waals surface area contributed by atoms with Gasteiger partial charge in [0.2, 0.25) is 5.91 Å². The number of nitrogens with zero attached hydrogens (tertiary/aromatic N) is 3. The predicted octanol–water partition coefficient (Wildman–Crippen LogP) is 3.55. The molecule has 4 rings (SSSR count). The van der Waals surface area contributed by atoms with E-state index in [0.717, 1.165) is 25.0 Å². The van der Waals surface area contributed by atoms with E-state index in [1.54, 1.807) is 0 Å². The number of hydrogen-bond donors (Lipinski definition) is 0. The van der Waals surface area contributed by atoms with Gasteiger partial charge >= 0.3 is 0 Å². The molecule has 4 nitrogen and oxygen atoms in total. The molecule has 0 N–H and O–H groups in total. The smallest absolute Gasteiger partial charge is 0.245 e. The molecule has 3 fully saturated rings. The first-order chi connectivity index (χ1) is 12.2. The van der Waals surface area contributed by atoms with Crippen LogP contribution < -0.4 is 0 Å². The van der Waals surface area contributed by atoms with Gasteiger partial charge in [0.15, 0.2) is 0 Å². The fourth-order valence-corrected chi connectivity index (χ4v) is 4.94. The number of carbonyl (C=O) groups excluding carboxylic acids is 1. The highest BCUT2D eigenvalue weighted by molar-refractivity contribution is 5.80. The lowest BCUT2D eigenvalue weighted by Crippen LogP contribution is -2.52. The van der Waals surface area contributed by atoms with Gasteiger partial charge in [0.1, 0.15) is 6.04 Å². The molecular formula is C21H33N3O. The molecule has 3 unspecified atom stereocenters. The molecule has 25 heavy (non-hydrogen) atoms. The van der Waals surface area contributed by atoms with Gasteiger partial charge in [0, 0.05) is 31.5 Å². The van der Waals surface area contributed by atoms with Crippen molar-refractivity contribution >= 4 is 5.91 Å². The Labute approximate surface area is 152 Å². The second kappa shape index (κ2) is 7.53. The van der Waals surface area contributed by atoms with E-state index in [2.05, 4.69) is 21.3 Å². The van der Waals surface area contributed by atoms with Crippen LogP contribution in [0.25, 0.3) is 0 Å². The van der Waals surface area contributed by atoms with E-state index < -0.39 is 0 Å². The van der Waals surface area contributed by atoms with Gasteiger partial charge in [-0.1, -0.05) is 6.42 Å². The molecule has 2 saturated heterocycles. The summed E-state index contributed by atoms with van der Waals surface area (Å²) in [6.45, 7) is 6.56. The van der Waals surface area contributed by atoms with Crippen molar-refractivity contribution in [1.29, 1.82) is 0 Å². The van der Waals surface area contributed by atoms with Crippen LogP contribution in [0.1, 0.15) is 57.9 Å². The fourth-order valence-electron chi connectivity index (χ4n) is 4.94. The summed E-state index contributed by atoms with van der Waals surface area (Å²) in [7, 11) is 0. The largest absolute Gasteiger partial charge is 0.342 e. The summed E-state index contributed by atoms with van der Waals surface area (Å²) < 4.78 is 2.05. The van der Waals surface area contributed by atoms with Crippen molar-refractivity contribution in [1.82, 2.24) is 14.4 Å². The molecule has 1 saturated carbocycles. The molecule has 1 aromatic rings. The highest BCUT2D eigenvalue weighted by Gasteiger charge is 2.37. The van der Waals surface area contributed by atoms with Crippen LogP contribution in [-0.2, 0) is 4.79 Å². The van der Waals surface area contributed by atoms with Crippen molar-refractivity contribution in [2.45, 2.75) is 64.0 Å². The Kier molecular flexibility index (Phi) is 5.16. The maximum absolute atomic E-state index is 13.2. The lowest BCUT2D eigenvalue weighted by Gasteiger charge is -2.46. The van der Waals surface area contributed by atoms with E-state index >= 15 is 0 Å². The minimum atomic E-state index is -0.0835. The monoisotopic (exact) mass is 343 g/mol. The first-order valence-corrected chi connectivity index (χ1v) is 10.4. The first-order valence-electron chi connectivity index (χ1n) is 10.4. The van der Waals surface area contributed by atoms with E-state index in [4.69, 9.17) is 0 Å². The minimum absolute atomic E-state index is 0.0835. The SMILES string of the molecule is CC(C(=O)N(CC1CC1)CC1CCCN2CCCCC12)n1cccc1. The van der Waals surface area contributed by atoms with Gasteiger partial charge in [-0.25, -0.2) is 0 Å². The summed E-state index contributed by atoms with van der Waals surface area (Å²) in [5.41, 5.74) is 0. The topological polar surface area (TPSA) is 28.5 Å². The number of aromatic nitrogens is 1. The average Bonchev–Trinajstić information content (AvgIpc) is 3.29. The van der Waals surface area contributed by atoms with Crippen molar-refractivity contribution in [2.75, 3.05) is 26.2 Å². The van der Waals surface area contributed by atoms with Crippen molar-refractivity contribution in [3.8, 4) is 0 Å². The molecule has 1 amide bonds. The Morgan fingerprint density at radius 2 is 1.80 bits per heavy atom. The van der Waals surface area contributed by atoms with Crippen molar-refractivity contribution < 1.29 is 4.79 Å². The summed E-state index contributed by atoms with van der Waals surface area (Å²) in [6, 6.07) is 4.66. The number of rotatable bonds is 6. The highest BCUT2D eigenvalue weighted by atomic mass is 16.2. The van der Waals surface area contributed by atoms with Crippen LogP contribution in [0.5, 0.6) is 0 Å². The normalized spacial score (nSPS) is 28.4. The van der Waals surface area contributed by atoms with Crippen molar-refractivity contribution in [3.05, 3.63) is 24.5 Å². The molecule has 1 aliphatic carbocycles. The van der Waals surface area contributed by atoms with Crippen LogP contribution >= 0.6 is 0 Å². The highest BCUT2D eigenvalue weighted by Crippen LogP contribution is 2.34. The lowest BCUT2D eigenvalue weighted by molar-refractivity contribution is -0.136. The number of carbonyl (C=O) groups is 1. The molecule has 0 spiro atoms. The summed E-state index contributed by atoms with van der Waals surface area (Å²) in [5.74, 6) is 1.75. The summed E-state index contributed by atoms with van der Waals surface area (Å²) in [4.78, 5) is 18.2. The Hall–Kier alpha value is -1.29. The molecule has 4 heteroatoms. The average molecular weight is 344 g/mol. The van der Waals surface area contributed by atoms with Gasteiger partial charge in [-0.2, -0.15) is 0 Å². The second-order valence-electron chi connectivity index (χ2n) is 8.49. The van der Waals surface area contributed by atoms with Crippen LogP contribution in [0.4, 0.5) is 0 Å². The van der Waals surface area contributed by atoms with E-state index in [1.807, 2.05) is 24.5 Å². The van der Waals surface area contributed by atoms with Crippen LogP contribution in [-0.4, -0.2) is 52.5 Å². The molecule has 2 aliphatic heterocycles. The van der Waals surface area contributed by atoms with E-state index in [-0.39, 0.29) is 6.04 Å². The second-order valence-corrected chi connectivity index (χ2v) is 8.49. The third kappa shape index (κ3) is 3.94. The zero-order chi connectivity index (χ0) is 17.2. The molecular weight excluding hydrogens is 310 g/mol. The summed E-state index contributed by atoms with van der Waals surface area (Å²) in [6.07, 6.45) is 13.3. The molecule has 0 aromatic carbocycles. The number of hydrogen-bond acceptors (Lipinski definition) is 2. The van der Waals surface area contributed by atoms with Gasteiger partial charge in [0.25, 0.3) is 0 Å². The minimum Gasteiger partial charge on any atom is -0.342 e. The zero-order valence-corrected chi connectivity index (χ0v) is 15.6.